The molecule has 1 aromatic carbocycles. The Kier molecular flexibility index (Phi) is 5.14. The Bertz CT molecular complexity index is 1100. The third-order valence-electron chi connectivity index (χ3n) is 5.39. The number of H-pyrrole nitrogens is 1. The molecule has 0 atom stereocenters. The summed E-state index contributed by atoms with van der Waals surface area (Å²) in [6.07, 6.45) is 4.73. The van der Waals surface area contributed by atoms with Crippen LogP contribution < -0.4 is 5.69 Å². The van der Waals surface area contributed by atoms with Gasteiger partial charge in [-0.1, -0.05) is 23.7 Å². The van der Waals surface area contributed by atoms with E-state index in [0.29, 0.717) is 22.8 Å². The van der Waals surface area contributed by atoms with Crippen LogP contribution in [0.25, 0.3) is 16.9 Å². The third-order valence-corrected chi connectivity index (χ3v) is 6.67. The highest BCUT2D eigenvalue weighted by Crippen LogP contribution is 2.44. The fraction of sp³-hybridized carbons (Fsp3) is 0.389. The van der Waals surface area contributed by atoms with Gasteiger partial charge in [-0.05, 0) is 55.2 Å². The molecule has 1 saturated carbocycles. The number of aromatic nitrogens is 4. The van der Waals surface area contributed by atoms with Gasteiger partial charge in [0.1, 0.15) is 11.8 Å². The van der Waals surface area contributed by atoms with Crippen molar-refractivity contribution in [3.8, 4) is 5.69 Å². The molecule has 10 heteroatoms. The molecule has 0 spiro atoms. The SMILES string of the molecule is O=c1[nH]c2c(Cl)ncnc2n1-c1ccc([C@H]2CC[C@H](CP(=O)(O)O)CC2)cc1. The second kappa shape index (κ2) is 7.44. The van der Waals surface area contributed by atoms with Gasteiger partial charge in [-0.25, -0.2) is 19.3 Å². The number of halogens is 1. The monoisotopic (exact) mass is 422 g/mol. The first-order valence-corrected chi connectivity index (χ1v) is 11.3. The first-order chi connectivity index (χ1) is 13.3. The Labute approximate surface area is 165 Å². The molecule has 4 rings (SSSR count). The number of fused-ring (bicyclic) bond motifs is 1. The second-order valence-electron chi connectivity index (χ2n) is 7.29. The van der Waals surface area contributed by atoms with E-state index in [0.717, 1.165) is 25.7 Å². The maximum Gasteiger partial charge on any atom is 0.332 e. The molecule has 148 valence electrons. The Balaban J connectivity index is 1.53. The Morgan fingerprint density at radius 2 is 1.82 bits per heavy atom. The van der Waals surface area contributed by atoms with E-state index < -0.39 is 7.60 Å². The molecule has 1 aliphatic carbocycles. The van der Waals surface area contributed by atoms with Crippen molar-refractivity contribution in [2.75, 3.05) is 6.16 Å². The van der Waals surface area contributed by atoms with Crippen LogP contribution in [0.15, 0.2) is 35.4 Å². The molecule has 2 aromatic heterocycles. The highest BCUT2D eigenvalue weighted by atomic mass is 35.5. The van der Waals surface area contributed by atoms with Gasteiger partial charge in [0.2, 0.25) is 0 Å². The average molecular weight is 423 g/mol. The summed E-state index contributed by atoms with van der Waals surface area (Å²) in [7, 11) is -3.94. The number of hydrogen-bond acceptors (Lipinski definition) is 4. The van der Waals surface area contributed by atoms with Crippen molar-refractivity contribution in [3.05, 3.63) is 51.8 Å². The number of benzene rings is 1. The van der Waals surface area contributed by atoms with Crippen molar-refractivity contribution in [1.29, 1.82) is 0 Å². The third kappa shape index (κ3) is 3.91. The number of nitrogens with one attached hydrogen (secondary N) is 1. The Hall–Kier alpha value is -1.99. The van der Waals surface area contributed by atoms with Gasteiger partial charge >= 0.3 is 13.3 Å². The van der Waals surface area contributed by atoms with Crippen molar-refractivity contribution in [2.24, 2.45) is 5.92 Å². The minimum Gasteiger partial charge on any atom is -0.324 e. The van der Waals surface area contributed by atoms with E-state index in [2.05, 4.69) is 15.0 Å². The van der Waals surface area contributed by atoms with Gasteiger partial charge in [-0.3, -0.25) is 4.57 Å². The molecule has 0 saturated heterocycles. The zero-order chi connectivity index (χ0) is 19.9. The maximum atomic E-state index is 12.3. The summed E-state index contributed by atoms with van der Waals surface area (Å²) in [6, 6.07) is 7.75. The first-order valence-electron chi connectivity index (χ1n) is 9.08. The van der Waals surface area contributed by atoms with Crippen molar-refractivity contribution >= 4 is 30.4 Å². The lowest BCUT2D eigenvalue weighted by Gasteiger charge is -2.29. The fourth-order valence-electron chi connectivity index (χ4n) is 4.04. The van der Waals surface area contributed by atoms with Gasteiger partial charge in [0.15, 0.2) is 10.8 Å². The van der Waals surface area contributed by atoms with Gasteiger partial charge < -0.3 is 14.8 Å². The molecule has 3 aromatic rings. The summed E-state index contributed by atoms with van der Waals surface area (Å²) in [5.74, 6) is 0.448. The maximum absolute atomic E-state index is 12.3. The summed E-state index contributed by atoms with van der Waals surface area (Å²) in [5, 5.41) is 0.199. The van der Waals surface area contributed by atoms with Crippen LogP contribution in [0, 0.1) is 5.92 Å². The van der Waals surface area contributed by atoms with E-state index >= 15 is 0 Å². The van der Waals surface area contributed by atoms with Crippen LogP contribution in [0.2, 0.25) is 5.15 Å². The number of rotatable bonds is 4. The minimum atomic E-state index is -3.94. The average Bonchev–Trinajstić information content (AvgIpc) is 2.99. The molecule has 0 radical (unpaired) electrons. The van der Waals surface area contributed by atoms with Crippen LogP contribution in [-0.4, -0.2) is 35.5 Å². The van der Waals surface area contributed by atoms with Crippen molar-refractivity contribution in [1.82, 2.24) is 19.5 Å². The zero-order valence-electron chi connectivity index (χ0n) is 15.0. The molecule has 1 fully saturated rings. The topological polar surface area (TPSA) is 121 Å². The molecule has 3 N–H and O–H groups in total. The minimum absolute atomic E-state index is 0.0213. The Morgan fingerprint density at radius 3 is 2.46 bits per heavy atom. The van der Waals surface area contributed by atoms with E-state index in [1.807, 2.05) is 24.3 Å². The molecule has 0 aliphatic heterocycles. The van der Waals surface area contributed by atoms with Crippen LogP contribution in [-0.2, 0) is 4.57 Å². The quantitative estimate of drug-likeness (QED) is 0.438. The molecule has 1 aliphatic rings. The first kappa shape index (κ1) is 19.3. The molecule has 2 heterocycles. The zero-order valence-corrected chi connectivity index (χ0v) is 16.6. The van der Waals surface area contributed by atoms with Gasteiger partial charge in [0, 0.05) is 0 Å². The summed E-state index contributed by atoms with van der Waals surface area (Å²) >= 11 is 6.02. The van der Waals surface area contributed by atoms with Crippen LogP contribution in [0.1, 0.15) is 37.2 Å². The molecule has 0 unspecified atom stereocenters. The standard InChI is InChI=1S/C18H20ClN4O4P/c19-16-15-17(21-10-20-16)23(18(24)22-15)14-7-5-13(6-8-14)12-3-1-11(2-4-12)9-28(25,26)27/h5-8,10-12H,1-4,9H2,(H,22,24)(H2,25,26,27)/t11-,12-. The lowest BCUT2D eigenvalue weighted by Crippen LogP contribution is -2.17. The molecular weight excluding hydrogens is 403 g/mol. The predicted molar refractivity (Wildman–Crippen MR) is 106 cm³/mol. The van der Waals surface area contributed by atoms with Gasteiger partial charge in [0.25, 0.3) is 0 Å². The Morgan fingerprint density at radius 1 is 1.14 bits per heavy atom. The number of aromatic amines is 1. The second-order valence-corrected chi connectivity index (χ2v) is 9.34. The molecule has 8 nitrogen and oxygen atoms in total. The van der Waals surface area contributed by atoms with E-state index in [1.54, 1.807) is 0 Å². The highest BCUT2D eigenvalue weighted by Gasteiger charge is 2.27. The molecule has 0 bridgehead atoms. The number of hydrogen-bond donors (Lipinski definition) is 3. The van der Waals surface area contributed by atoms with E-state index in [4.69, 9.17) is 21.4 Å². The highest BCUT2D eigenvalue weighted by molar-refractivity contribution is 7.51. The van der Waals surface area contributed by atoms with E-state index in [-0.39, 0.29) is 22.9 Å². The smallest absolute Gasteiger partial charge is 0.324 e. The molecular formula is C18H20ClN4O4P. The van der Waals surface area contributed by atoms with Crippen LogP contribution >= 0.6 is 19.2 Å². The van der Waals surface area contributed by atoms with Crippen LogP contribution in [0.4, 0.5) is 0 Å². The number of nitrogens with zero attached hydrogens (tertiary/aromatic N) is 3. The lowest BCUT2D eigenvalue weighted by atomic mass is 9.79. The molecule has 28 heavy (non-hydrogen) atoms. The summed E-state index contributed by atoms with van der Waals surface area (Å²) in [5.41, 5.74) is 2.35. The van der Waals surface area contributed by atoms with E-state index in [1.165, 1.54) is 16.5 Å². The normalized spacial score (nSPS) is 20.5. The van der Waals surface area contributed by atoms with Gasteiger partial charge in [-0.2, -0.15) is 0 Å². The largest absolute Gasteiger partial charge is 0.332 e. The summed E-state index contributed by atoms with van der Waals surface area (Å²) < 4.78 is 12.7. The molecule has 0 amide bonds. The van der Waals surface area contributed by atoms with E-state index in [9.17, 15) is 9.36 Å². The van der Waals surface area contributed by atoms with Crippen molar-refractivity contribution < 1.29 is 14.4 Å². The van der Waals surface area contributed by atoms with Crippen LogP contribution in [0.5, 0.6) is 0 Å². The van der Waals surface area contributed by atoms with Crippen molar-refractivity contribution in [3.63, 3.8) is 0 Å². The van der Waals surface area contributed by atoms with Crippen molar-refractivity contribution in [2.45, 2.75) is 31.6 Å². The predicted octanol–water partition coefficient (Wildman–Crippen LogP) is 3.21. The number of imidazole rings is 1. The van der Waals surface area contributed by atoms with Gasteiger partial charge in [-0.15, -0.1) is 0 Å². The van der Waals surface area contributed by atoms with Gasteiger partial charge in [0.05, 0.1) is 11.8 Å². The lowest BCUT2D eigenvalue weighted by molar-refractivity contribution is 0.316. The van der Waals surface area contributed by atoms with Crippen LogP contribution in [0.3, 0.4) is 0 Å². The summed E-state index contributed by atoms with van der Waals surface area (Å²) in [4.78, 5) is 41.4. The fourth-order valence-corrected chi connectivity index (χ4v) is 5.25. The summed E-state index contributed by atoms with van der Waals surface area (Å²) in [6.45, 7) is 0.